The van der Waals surface area contributed by atoms with Crippen molar-refractivity contribution in [3.8, 4) is 0 Å². The molecule has 2 unspecified atom stereocenters. The van der Waals surface area contributed by atoms with E-state index >= 15 is 0 Å². The maximum Gasteiger partial charge on any atom is 0.255 e. The molecule has 0 amide bonds. The van der Waals surface area contributed by atoms with Gasteiger partial charge in [-0.15, -0.1) is 0 Å². The van der Waals surface area contributed by atoms with E-state index in [1.54, 1.807) is 0 Å². The molecular formula is C9H12FN3. The summed E-state index contributed by atoms with van der Waals surface area (Å²) in [6.45, 7) is 3.00. The molecule has 0 radical (unpaired) electrons. The Morgan fingerprint density at radius 3 is 2.85 bits per heavy atom. The van der Waals surface area contributed by atoms with Gasteiger partial charge in [-0.25, -0.2) is 9.97 Å². The van der Waals surface area contributed by atoms with Gasteiger partial charge in [0.05, 0.1) is 0 Å². The predicted molar refractivity (Wildman–Crippen MR) is 47.8 cm³/mol. The van der Waals surface area contributed by atoms with Crippen LogP contribution in [0.5, 0.6) is 0 Å². The number of nitrogens with one attached hydrogen (secondary N) is 1. The highest BCUT2D eigenvalue weighted by Gasteiger charge is 2.32. The molecule has 4 heteroatoms. The third-order valence-corrected chi connectivity index (χ3v) is 2.46. The molecule has 0 aromatic carbocycles. The first-order valence-corrected chi connectivity index (χ1v) is 4.47. The van der Waals surface area contributed by atoms with E-state index in [1.165, 1.54) is 18.8 Å². The zero-order valence-electron chi connectivity index (χ0n) is 7.50. The van der Waals surface area contributed by atoms with Crippen molar-refractivity contribution in [2.45, 2.75) is 13.3 Å². The van der Waals surface area contributed by atoms with Crippen LogP contribution in [-0.2, 0) is 0 Å². The Hall–Kier alpha value is -1.19. The van der Waals surface area contributed by atoms with E-state index in [0.717, 1.165) is 12.5 Å². The van der Waals surface area contributed by atoms with Crippen LogP contribution in [0, 0.1) is 17.8 Å². The first-order chi connectivity index (χ1) is 6.27. The number of nitrogens with zero attached hydrogens (tertiary/aromatic N) is 2. The standard InChI is InChI=1S/C9H12FN3/c1-6-4-7(6)5-13-9-8(10)11-2-3-12-9/h2-3,6-7H,4-5H2,1H3,(H,12,13). The van der Waals surface area contributed by atoms with Gasteiger partial charge >= 0.3 is 0 Å². The third kappa shape index (κ3) is 1.94. The molecule has 1 heterocycles. The summed E-state index contributed by atoms with van der Waals surface area (Å²) in [7, 11) is 0. The van der Waals surface area contributed by atoms with Crippen molar-refractivity contribution < 1.29 is 4.39 Å². The van der Waals surface area contributed by atoms with Gasteiger partial charge in [0.1, 0.15) is 0 Å². The molecule has 1 saturated carbocycles. The predicted octanol–water partition coefficient (Wildman–Crippen LogP) is 1.68. The number of rotatable bonds is 3. The molecule has 0 aliphatic heterocycles. The molecule has 2 atom stereocenters. The van der Waals surface area contributed by atoms with Crippen LogP contribution < -0.4 is 5.32 Å². The van der Waals surface area contributed by atoms with Crippen molar-refractivity contribution in [2.24, 2.45) is 11.8 Å². The van der Waals surface area contributed by atoms with Gasteiger partial charge in [0.25, 0.3) is 5.95 Å². The lowest BCUT2D eigenvalue weighted by Crippen LogP contribution is -2.08. The van der Waals surface area contributed by atoms with Gasteiger partial charge in [-0.05, 0) is 18.3 Å². The Kier molecular flexibility index (Phi) is 2.12. The van der Waals surface area contributed by atoms with E-state index in [1.807, 2.05) is 0 Å². The zero-order valence-corrected chi connectivity index (χ0v) is 7.50. The van der Waals surface area contributed by atoms with Crippen molar-refractivity contribution in [3.63, 3.8) is 0 Å². The molecule has 13 heavy (non-hydrogen) atoms. The summed E-state index contributed by atoms with van der Waals surface area (Å²) in [5.74, 6) is 1.20. The first kappa shape index (κ1) is 8.41. The lowest BCUT2D eigenvalue weighted by Gasteiger charge is -2.03. The highest BCUT2D eigenvalue weighted by Crippen LogP contribution is 2.37. The van der Waals surface area contributed by atoms with Gasteiger partial charge in [0.2, 0.25) is 0 Å². The van der Waals surface area contributed by atoms with Gasteiger partial charge in [-0.2, -0.15) is 4.39 Å². The lowest BCUT2D eigenvalue weighted by molar-refractivity contribution is 0.579. The minimum Gasteiger partial charge on any atom is -0.366 e. The molecule has 0 saturated heterocycles. The van der Waals surface area contributed by atoms with E-state index in [9.17, 15) is 4.39 Å². The molecule has 0 spiro atoms. The summed E-state index contributed by atoms with van der Waals surface area (Å²) in [6, 6.07) is 0. The summed E-state index contributed by atoms with van der Waals surface area (Å²) in [4.78, 5) is 7.36. The molecule has 1 aromatic heterocycles. The van der Waals surface area contributed by atoms with E-state index in [0.29, 0.717) is 5.92 Å². The van der Waals surface area contributed by atoms with Crippen LogP contribution in [0.25, 0.3) is 0 Å². The summed E-state index contributed by atoms with van der Waals surface area (Å²) in [6.07, 6.45) is 4.07. The summed E-state index contributed by atoms with van der Waals surface area (Å²) in [5, 5.41) is 2.96. The second kappa shape index (κ2) is 3.28. The molecule has 1 fully saturated rings. The molecule has 1 aliphatic carbocycles. The van der Waals surface area contributed by atoms with Crippen molar-refractivity contribution in [1.82, 2.24) is 9.97 Å². The molecule has 1 N–H and O–H groups in total. The Balaban J connectivity index is 1.90. The number of anilines is 1. The average Bonchev–Trinajstić information content (AvgIpc) is 2.81. The SMILES string of the molecule is CC1CC1CNc1nccnc1F. The van der Waals surface area contributed by atoms with Gasteiger partial charge in [-0.1, -0.05) is 6.92 Å². The summed E-state index contributed by atoms with van der Waals surface area (Å²) in [5.41, 5.74) is 0. The summed E-state index contributed by atoms with van der Waals surface area (Å²) < 4.78 is 12.9. The average molecular weight is 181 g/mol. The van der Waals surface area contributed by atoms with Crippen molar-refractivity contribution in [2.75, 3.05) is 11.9 Å². The Morgan fingerprint density at radius 1 is 1.54 bits per heavy atom. The first-order valence-electron chi connectivity index (χ1n) is 4.47. The smallest absolute Gasteiger partial charge is 0.255 e. The summed E-state index contributed by atoms with van der Waals surface area (Å²) >= 11 is 0. The van der Waals surface area contributed by atoms with E-state index in [4.69, 9.17) is 0 Å². The molecule has 1 aromatic rings. The Labute approximate surface area is 76.4 Å². The fourth-order valence-electron chi connectivity index (χ4n) is 1.35. The van der Waals surface area contributed by atoms with Crippen LogP contribution in [0.15, 0.2) is 12.4 Å². The van der Waals surface area contributed by atoms with Gasteiger partial charge in [0.15, 0.2) is 5.82 Å². The van der Waals surface area contributed by atoms with Crippen LogP contribution >= 0.6 is 0 Å². The van der Waals surface area contributed by atoms with Crippen LogP contribution in [0.1, 0.15) is 13.3 Å². The van der Waals surface area contributed by atoms with Crippen molar-refractivity contribution >= 4 is 5.82 Å². The molecule has 0 bridgehead atoms. The second-order valence-electron chi connectivity index (χ2n) is 3.55. The Bertz CT molecular complexity index is 303. The van der Waals surface area contributed by atoms with Crippen molar-refractivity contribution in [1.29, 1.82) is 0 Å². The largest absolute Gasteiger partial charge is 0.366 e. The van der Waals surface area contributed by atoms with Crippen molar-refractivity contribution in [3.05, 3.63) is 18.3 Å². The molecule has 1 aliphatic rings. The van der Waals surface area contributed by atoms with E-state index in [2.05, 4.69) is 22.2 Å². The minimum atomic E-state index is -0.518. The molecule has 3 nitrogen and oxygen atoms in total. The maximum atomic E-state index is 12.9. The van der Waals surface area contributed by atoms with E-state index < -0.39 is 5.95 Å². The number of hydrogen-bond acceptors (Lipinski definition) is 3. The molecular weight excluding hydrogens is 169 g/mol. The normalized spacial score (nSPS) is 25.7. The van der Waals surface area contributed by atoms with Crippen LogP contribution in [0.4, 0.5) is 10.2 Å². The molecule has 2 rings (SSSR count). The second-order valence-corrected chi connectivity index (χ2v) is 3.55. The van der Waals surface area contributed by atoms with Crippen LogP contribution in [0.3, 0.4) is 0 Å². The fraction of sp³-hybridized carbons (Fsp3) is 0.556. The lowest BCUT2D eigenvalue weighted by atomic mass is 10.3. The third-order valence-electron chi connectivity index (χ3n) is 2.46. The highest BCUT2D eigenvalue weighted by atomic mass is 19.1. The van der Waals surface area contributed by atoms with Crippen LogP contribution in [-0.4, -0.2) is 16.5 Å². The number of halogens is 1. The van der Waals surface area contributed by atoms with Crippen LogP contribution in [0.2, 0.25) is 0 Å². The molecule has 70 valence electrons. The van der Waals surface area contributed by atoms with Gasteiger partial charge < -0.3 is 5.32 Å². The number of hydrogen-bond donors (Lipinski definition) is 1. The topological polar surface area (TPSA) is 37.8 Å². The Morgan fingerprint density at radius 2 is 2.23 bits per heavy atom. The fourth-order valence-corrected chi connectivity index (χ4v) is 1.35. The monoisotopic (exact) mass is 181 g/mol. The van der Waals surface area contributed by atoms with Gasteiger partial charge in [0, 0.05) is 18.9 Å². The highest BCUT2D eigenvalue weighted by molar-refractivity contribution is 5.32. The minimum absolute atomic E-state index is 0.265. The van der Waals surface area contributed by atoms with Gasteiger partial charge in [-0.3, -0.25) is 0 Å². The quantitative estimate of drug-likeness (QED) is 0.771. The maximum absolute atomic E-state index is 12.9. The van der Waals surface area contributed by atoms with E-state index in [-0.39, 0.29) is 5.82 Å². The zero-order chi connectivity index (χ0) is 9.26. The number of aromatic nitrogens is 2.